The van der Waals surface area contributed by atoms with Crippen LogP contribution in [0.2, 0.25) is 0 Å². The van der Waals surface area contributed by atoms with Gasteiger partial charge in [0, 0.05) is 11.6 Å². The van der Waals surface area contributed by atoms with Crippen LogP contribution >= 0.6 is 0 Å². The lowest BCUT2D eigenvalue weighted by Gasteiger charge is -2.09. The zero-order chi connectivity index (χ0) is 14.4. The first-order valence-corrected chi connectivity index (χ1v) is 7.26. The number of aromatic nitrogens is 2. The number of imidazole rings is 1. The summed E-state index contributed by atoms with van der Waals surface area (Å²) in [7, 11) is 0. The van der Waals surface area contributed by atoms with Gasteiger partial charge in [-0.2, -0.15) is 5.26 Å². The molecule has 0 atom stereocenters. The molecular weight excluding hydrogens is 258 g/mol. The number of rotatable bonds is 2. The van der Waals surface area contributed by atoms with Crippen molar-refractivity contribution in [1.82, 2.24) is 9.55 Å². The fraction of sp³-hybridized carbons (Fsp3) is 0.222. The van der Waals surface area contributed by atoms with E-state index in [1.54, 1.807) is 0 Å². The molecule has 0 spiro atoms. The van der Waals surface area contributed by atoms with E-state index in [4.69, 9.17) is 10.2 Å². The molecule has 0 saturated heterocycles. The molecule has 0 amide bonds. The second kappa shape index (κ2) is 4.46. The quantitative estimate of drug-likeness (QED) is 0.701. The van der Waals surface area contributed by atoms with Crippen molar-refractivity contribution in [3.05, 3.63) is 53.6 Å². The highest BCUT2D eigenvalue weighted by molar-refractivity contribution is 5.83. The van der Waals surface area contributed by atoms with Crippen molar-refractivity contribution in [3.8, 4) is 17.5 Å². The van der Waals surface area contributed by atoms with Gasteiger partial charge in [0.1, 0.15) is 5.82 Å². The molecule has 1 aromatic heterocycles. The Balaban J connectivity index is 2.02. The molecule has 1 aliphatic carbocycles. The van der Waals surface area contributed by atoms with Gasteiger partial charge in [0.25, 0.3) is 0 Å². The molecular formula is C18H15N3. The molecule has 0 aliphatic heterocycles. The number of fused-ring (bicyclic) bond motifs is 1. The van der Waals surface area contributed by atoms with Gasteiger partial charge < -0.3 is 4.57 Å². The number of nitriles is 1. The summed E-state index contributed by atoms with van der Waals surface area (Å²) in [4.78, 5) is 4.83. The standard InChI is InChI=1S/C18H15N3/c1-12-4-2-3-5-15(12)18-20-16-10-13(11-19)6-9-17(16)21(18)14-7-8-14/h2-6,9-10,14H,7-8H2,1H3. The van der Waals surface area contributed by atoms with Gasteiger partial charge in [-0.05, 0) is 43.5 Å². The number of hydrogen-bond acceptors (Lipinski definition) is 2. The largest absolute Gasteiger partial charge is 0.321 e. The first kappa shape index (κ1) is 12.2. The maximum atomic E-state index is 9.07. The molecule has 0 N–H and O–H groups in total. The number of benzene rings is 2. The molecule has 3 heteroatoms. The molecule has 1 fully saturated rings. The molecule has 4 rings (SSSR count). The van der Waals surface area contributed by atoms with Crippen LogP contribution in [0.4, 0.5) is 0 Å². The Bertz CT molecular complexity index is 879. The first-order chi connectivity index (χ1) is 10.3. The number of hydrogen-bond donors (Lipinski definition) is 0. The van der Waals surface area contributed by atoms with Crippen molar-refractivity contribution >= 4 is 11.0 Å². The summed E-state index contributed by atoms with van der Waals surface area (Å²) in [5.74, 6) is 1.03. The van der Waals surface area contributed by atoms with Crippen LogP contribution in [0.1, 0.15) is 30.0 Å². The normalized spacial score (nSPS) is 14.3. The third-order valence-electron chi connectivity index (χ3n) is 4.12. The average Bonchev–Trinajstić information content (AvgIpc) is 3.27. The van der Waals surface area contributed by atoms with Crippen LogP contribution in [0.15, 0.2) is 42.5 Å². The molecule has 21 heavy (non-hydrogen) atoms. The van der Waals surface area contributed by atoms with E-state index in [2.05, 4.69) is 41.8 Å². The number of aryl methyl sites for hydroxylation is 1. The summed E-state index contributed by atoms with van der Waals surface area (Å²) in [6.07, 6.45) is 2.43. The molecule has 3 aromatic rings. The predicted molar refractivity (Wildman–Crippen MR) is 82.9 cm³/mol. The fourth-order valence-electron chi connectivity index (χ4n) is 2.88. The monoisotopic (exact) mass is 273 g/mol. The molecule has 1 aliphatic rings. The van der Waals surface area contributed by atoms with E-state index in [1.165, 1.54) is 24.0 Å². The van der Waals surface area contributed by atoms with Gasteiger partial charge in [0.05, 0.1) is 22.7 Å². The van der Waals surface area contributed by atoms with Gasteiger partial charge in [-0.25, -0.2) is 4.98 Å². The van der Waals surface area contributed by atoms with Crippen LogP contribution in [-0.4, -0.2) is 9.55 Å². The minimum absolute atomic E-state index is 0.553. The summed E-state index contributed by atoms with van der Waals surface area (Å²) in [5.41, 5.74) is 5.13. The van der Waals surface area contributed by atoms with Gasteiger partial charge in [-0.3, -0.25) is 0 Å². The Hall–Kier alpha value is -2.60. The number of nitrogens with zero attached hydrogens (tertiary/aromatic N) is 3. The van der Waals surface area contributed by atoms with E-state index in [0.29, 0.717) is 11.6 Å². The maximum Gasteiger partial charge on any atom is 0.141 e. The molecule has 0 radical (unpaired) electrons. The summed E-state index contributed by atoms with van der Waals surface area (Å²) < 4.78 is 2.35. The van der Waals surface area contributed by atoms with Gasteiger partial charge in [0.2, 0.25) is 0 Å². The van der Waals surface area contributed by atoms with Crippen molar-refractivity contribution < 1.29 is 0 Å². The molecule has 0 unspecified atom stereocenters. The second-order valence-corrected chi connectivity index (χ2v) is 5.67. The average molecular weight is 273 g/mol. The van der Waals surface area contributed by atoms with Gasteiger partial charge in [0.15, 0.2) is 0 Å². The fourth-order valence-corrected chi connectivity index (χ4v) is 2.88. The summed E-state index contributed by atoms with van der Waals surface area (Å²) in [6, 6.07) is 16.9. The highest BCUT2D eigenvalue weighted by Crippen LogP contribution is 2.41. The minimum Gasteiger partial charge on any atom is -0.321 e. The Morgan fingerprint density at radius 3 is 2.71 bits per heavy atom. The summed E-state index contributed by atoms with van der Waals surface area (Å²) >= 11 is 0. The lowest BCUT2D eigenvalue weighted by atomic mass is 10.1. The van der Waals surface area contributed by atoms with Gasteiger partial charge in [-0.1, -0.05) is 24.3 Å². The molecule has 0 bridgehead atoms. The van der Waals surface area contributed by atoms with Crippen LogP contribution in [0.5, 0.6) is 0 Å². The van der Waals surface area contributed by atoms with Gasteiger partial charge >= 0.3 is 0 Å². The van der Waals surface area contributed by atoms with E-state index in [1.807, 2.05) is 18.2 Å². The lowest BCUT2D eigenvalue weighted by molar-refractivity contribution is 0.774. The smallest absolute Gasteiger partial charge is 0.141 e. The van der Waals surface area contributed by atoms with E-state index >= 15 is 0 Å². The summed E-state index contributed by atoms with van der Waals surface area (Å²) in [5, 5.41) is 9.07. The minimum atomic E-state index is 0.553. The topological polar surface area (TPSA) is 41.6 Å². The van der Waals surface area contributed by atoms with Crippen LogP contribution in [0.3, 0.4) is 0 Å². The van der Waals surface area contributed by atoms with E-state index < -0.39 is 0 Å². The van der Waals surface area contributed by atoms with E-state index in [-0.39, 0.29) is 0 Å². The molecule has 3 nitrogen and oxygen atoms in total. The van der Waals surface area contributed by atoms with Crippen LogP contribution in [-0.2, 0) is 0 Å². The third kappa shape index (κ3) is 1.92. The molecule has 102 valence electrons. The third-order valence-corrected chi connectivity index (χ3v) is 4.12. The highest BCUT2D eigenvalue weighted by Gasteiger charge is 2.29. The van der Waals surface area contributed by atoms with Crippen molar-refractivity contribution in [1.29, 1.82) is 5.26 Å². The Morgan fingerprint density at radius 2 is 2.00 bits per heavy atom. The Kier molecular flexibility index (Phi) is 2.58. The van der Waals surface area contributed by atoms with Crippen LogP contribution < -0.4 is 0 Å². The van der Waals surface area contributed by atoms with Crippen molar-refractivity contribution in [2.24, 2.45) is 0 Å². The second-order valence-electron chi connectivity index (χ2n) is 5.67. The lowest BCUT2D eigenvalue weighted by Crippen LogP contribution is -1.98. The predicted octanol–water partition coefficient (Wildman–Crippen LogP) is 4.22. The Labute approximate surface area is 123 Å². The molecule has 2 aromatic carbocycles. The van der Waals surface area contributed by atoms with Crippen molar-refractivity contribution in [2.75, 3.05) is 0 Å². The highest BCUT2D eigenvalue weighted by atomic mass is 15.1. The molecule has 1 heterocycles. The van der Waals surface area contributed by atoms with Crippen LogP contribution in [0, 0.1) is 18.3 Å². The van der Waals surface area contributed by atoms with Crippen LogP contribution in [0.25, 0.3) is 22.4 Å². The van der Waals surface area contributed by atoms with E-state index in [9.17, 15) is 0 Å². The molecule has 1 saturated carbocycles. The van der Waals surface area contributed by atoms with Crippen molar-refractivity contribution in [3.63, 3.8) is 0 Å². The summed E-state index contributed by atoms with van der Waals surface area (Å²) in [6.45, 7) is 2.12. The Morgan fingerprint density at radius 1 is 1.19 bits per heavy atom. The van der Waals surface area contributed by atoms with Crippen molar-refractivity contribution in [2.45, 2.75) is 25.8 Å². The SMILES string of the molecule is Cc1ccccc1-c1nc2cc(C#N)ccc2n1C1CC1. The zero-order valence-electron chi connectivity index (χ0n) is 11.9. The van der Waals surface area contributed by atoms with Gasteiger partial charge in [-0.15, -0.1) is 0 Å². The first-order valence-electron chi connectivity index (χ1n) is 7.26. The maximum absolute atomic E-state index is 9.07. The zero-order valence-corrected chi connectivity index (χ0v) is 11.9. The van der Waals surface area contributed by atoms with E-state index in [0.717, 1.165) is 16.9 Å².